The number of rotatable bonds is 11. The molecule has 6 nitrogen and oxygen atoms in total. The van der Waals surface area contributed by atoms with Gasteiger partial charge in [-0.2, -0.15) is 8.78 Å². The molecular formula is C25H33F2N2O4PS. The average Bonchev–Trinajstić information content (AvgIpc) is 3.15. The molecule has 1 N–H and O–H groups in total. The first-order valence-corrected chi connectivity index (χ1v) is 14.2. The molecule has 1 heterocycles. The van der Waals surface area contributed by atoms with Crippen molar-refractivity contribution in [3.8, 4) is 0 Å². The van der Waals surface area contributed by atoms with Crippen LogP contribution in [0.2, 0.25) is 0 Å². The van der Waals surface area contributed by atoms with Crippen LogP contribution in [-0.4, -0.2) is 32.4 Å². The van der Waals surface area contributed by atoms with E-state index < -0.39 is 35.0 Å². The van der Waals surface area contributed by atoms with Crippen molar-refractivity contribution in [3.63, 3.8) is 0 Å². The minimum Gasteiger partial charge on any atom is -0.343 e. The summed E-state index contributed by atoms with van der Waals surface area (Å²) < 4.78 is 72.5. The molecule has 2 unspecified atom stereocenters. The largest absolute Gasteiger partial charge is 0.401 e. The lowest BCUT2D eigenvalue weighted by Crippen LogP contribution is -2.43. The van der Waals surface area contributed by atoms with Gasteiger partial charge in [-0.05, 0) is 46.2 Å². The lowest BCUT2D eigenvalue weighted by atomic mass is 10.1. The lowest BCUT2D eigenvalue weighted by molar-refractivity contribution is 0.0119. The first kappa shape index (κ1) is 27.7. The molecule has 0 saturated carbocycles. The Morgan fingerprint density at radius 3 is 2.14 bits per heavy atom. The molecule has 2 aromatic carbocycles. The molecule has 0 amide bonds. The number of alkyl halides is 2. The normalized spacial score (nSPS) is 14.8. The highest BCUT2D eigenvalue weighted by Gasteiger charge is 2.60. The summed E-state index contributed by atoms with van der Waals surface area (Å²) in [7, 11) is -6.83. The third-order valence-corrected chi connectivity index (χ3v) is 9.16. The Kier molecular flexibility index (Phi) is 8.71. The van der Waals surface area contributed by atoms with Gasteiger partial charge in [-0.15, -0.1) is 0 Å². The van der Waals surface area contributed by atoms with Crippen LogP contribution in [0, 0.1) is 0 Å². The summed E-state index contributed by atoms with van der Waals surface area (Å²) in [5.74, 6) is 0. The Morgan fingerprint density at radius 1 is 1.00 bits per heavy atom. The van der Waals surface area contributed by atoms with Crippen LogP contribution in [0.15, 0.2) is 60.8 Å². The molecule has 0 bridgehead atoms. The average molecular weight is 527 g/mol. The van der Waals surface area contributed by atoms with Crippen LogP contribution in [-0.2, 0) is 31.1 Å². The van der Waals surface area contributed by atoms with Crippen LogP contribution in [0.25, 0.3) is 10.9 Å². The van der Waals surface area contributed by atoms with Gasteiger partial charge in [0.25, 0.3) is 0 Å². The fraction of sp³-hybridized carbons (Fsp3) is 0.440. The molecule has 0 spiro atoms. The Hall–Kier alpha value is -1.90. The second-order valence-electron chi connectivity index (χ2n) is 9.07. The molecule has 0 fully saturated rings. The van der Waals surface area contributed by atoms with E-state index in [4.69, 9.17) is 9.05 Å². The summed E-state index contributed by atoms with van der Waals surface area (Å²) >= 11 is 0. The Labute approximate surface area is 208 Å². The van der Waals surface area contributed by atoms with Gasteiger partial charge in [0.1, 0.15) is 6.04 Å². The van der Waals surface area contributed by atoms with E-state index in [1.807, 2.05) is 47.0 Å². The Balaban J connectivity index is 2.21. The number of hydrogen-bond acceptors (Lipinski definition) is 4. The molecule has 10 heteroatoms. The zero-order valence-electron chi connectivity index (χ0n) is 20.7. The molecule has 0 aliphatic carbocycles. The van der Waals surface area contributed by atoms with Crippen molar-refractivity contribution in [2.24, 2.45) is 0 Å². The lowest BCUT2D eigenvalue weighted by Gasteiger charge is -2.33. The van der Waals surface area contributed by atoms with Crippen LogP contribution in [0.4, 0.5) is 8.78 Å². The van der Waals surface area contributed by atoms with E-state index in [1.165, 1.54) is 13.8 Å². The van der Waals surface area contributed by atoms with E-state index in [9.17, 15) is 8.77 Å². The summed E-state index contributed by atoms with van der Waals surface area (Å²) in [6.07, 6.45) is 1.60. The smallest absolute Gasteiger partial charge is 0.343 e. The van der Waals surface area contributed by atoms with Crippen molar-refractivity contribution in [1.82, 2.24) is 9.29 Å². The maximum absolute atomic E-state index is 16.2. The summed E-state index contributed by atoms with van der Waals surface area (Å²) in [6.45, 7) is 7.97. The van der Waals surface area contributed by atoms with Crippen LogP contribution < -0.4 is 4.72 Å². The van der Waals surface area contributed by atoms with Gasteiger partial charge in [0.15, 0.2) is 0 Å². The molecule has 35 heavy (non-hydrogen) atoms. The standard InChI is InChI=1S/C25H33F2N2O4PS/c1-6-32-34(30,33-7-2)25(26,27)23(28-35(31)24(3,4)5)21-18-29(17-19-13-9-8-10-14-19)22-16-12-11-15-20(21)22/h8-16,18,23,28H,6-7,17H2,1-5H3. The number of aromatic nitrogens is 1. The number of fused-ring (bicyclic) bond motifs is 1. The van der Waals surface area contributed by atoms with E-state index >= 15 is 8.78 Å². The third kappa shape index (κ3) is 5.92. The zero-order valence-corrected chi connectivity index (χ0v) is 22.4. The van der Waals surface area contributed by atoms with Gasteiger partial charge >= 0.3 is 13.3 Å². The number of benzene rings is 2. The highest BCUT2D eigenvalue weighted by Crippen LogP contribution is 2.66. The van der Waals surface area contributed by atoms with Gasteiger partial charge in [0.05, 0.1) is 28.9 Å². The predicted octanol–water partition coefficient (Wildman–Crippen LogP) is 6.64. The number of nitrogens with one attached hydrogen (secondary N) is 1. The van der Waals surface area contributed by atoms with E-state index in [0.29, 0.717) is 11.9 Å². The van der Waals surface area contributed by atoms with Gasteiger partial charge in [0, 0.05) is 29.2 Å². The van der Waals surface area contributed by atoms with E-state index in [1.54, 1.807) is 39.1 Å². The summed E-state index contributed by atoms with van der Waals surface area (Å²) in [6, 6.07) is 14.9. The number of nitrogens with zero attached hydrogens (tertiary/aromatic N) is 1. The molecule has 2 atom stereocenters. The number of para-hydroxylation sites is 1. The van der Waals surface area contributed by atoms with Gasteiger partial charge in [0.2, 0.25) is 0 Å². The predicted molar refractivity (Wildman–Crippen MR) is 137 cm³/mol. The fourth-order valence-electron chi connectivity index (χ4n) is 3.73. The zero-order chi connectivity index (χ0) is 25.9. The van der Waals surface area contributed by atoms with Gasteiger partial charge in [-0.3, -0.25) is 4.57 Å². The quantitative estimate of drug-likeness (QED) is 0.284. The van der Waals surface area contributed by atoms with Crippen molar-refractivity contribution >= 4 is 29.5 Å². The summed E-state index contributed by atoms with van der Waals surface area (Å²) in [4.78, 5) is 0. The van der Waals surface area contributed by atoms with Crippen LogP contribution in [0.3, 0.4) is 0 Å². The SMILES string of the molecule is CCOP(=O)(OCC)C(F)(F)C(NS(=O)C(C)(C)C)c1cn(Cc2ccccc2)c2ccccc12. The monoisotopic (exact) mass is 526 g/mol. The van der Waals surface area contributed by atoms with Gasteiger partial charge in [-0.25, -0.2) is 8.93 Å². The fourth-order valence-corrected chi connectivity index (χ4v) is 6.28. The van der Waals surface area contributed by atoms with Crippen LogP contribution in [0.5, 0.6) is 0 Å². The third-order valence-electron chi connectivity index (χ3n) is 5.42. The Bertz CT molecular complexity index is 1200. The molecule has 0 radical (unpaired) electrons. The van der Waals surface area contributed by atoms with Crippen molar-refractivity contribution in [2.45, 2.75) is 57.6 Å². The minimum absolute atomic E-state index is 0.166. The number of hydrogen-bond donors (Lipinski definition) is 1. The molecule has 3 aromatic rings. The molecule has 0 saturated heterocycles. The molecule has 0 aliphatic heterocycles. The number of halogens is 2. The maximum Gasteiger partial charge on any atom is 0.401 e. The van der Waals surface area contributed by atoms with E-state index in [-0.39, 0.29) is 18.8 Å². The first-order chi connectivity index (χ1) is 16.4. The molecular weight excluding hydrogens is 493 g/mol. The highest BCUT2D eigenvalue weighted by molar-refractivity contribution is 7.84. The first-order valence-electron chi connectivity index (χ1n) is 11.5. The van der Waals surface area contributed by atoms with Gasteiger partial charge in [-0.1, -0.05) is 48.5 Å². The Morgan fingerprint density at radius 2 is 1.57 bits per heavy atom. The van der Waals surface area contributed by atoms with E-state index in [0.717, 1.165) is 11.1 Å². The van der Waals surface area contributed by atoms with Gasteiger partial charge < -0.3 is 13.6 Å². The summed E-state index contributed by atoms with van der Waals surface area (Å²) in [5, 5.41) is 0.533. The molecule has 3 rings (SSSR count). The van der Waals surface area contributed by atoms with Crippen molar-refractivity contribution in [1.29, 1.82) is 0 Å². The molecule has 1 aromatic heterocycles. The second-order valence-corrected chi connectivity index (χ2v) is 13.2. The molecule has 0 aliphatic rings. The topological polar surface area (TPSA) is 69.6 Å². The highest BCUT2D eigenvalue weighted by atomic mass is 32.2. The van der Waals surface area contributed by atoms with Crippen LogP contribution in [0.1, 0.15) is 51.8 Å². The van der Waals surface area contributed by atoms with E-state index in [2.05, 4.69) is 4.72 Å². The minimum atomic E-state index is -4.93. The van der Waals surface area contributed by atoms with Crippen molar-refractivity contribution < 1.29 is 26.6 Å². The summed E-state index contributed by atoms with van der Waals surface area (Å²) in [5.41, 5.74) is -2.14. The second kappa shape index (κ2) is 11.0. The molecule has 192 valence electrons. The van der Waals surface area contributed by atoms with Crippen LogP contribution >= 0.6 is 7.60 Å². The van der Waals surface area contributed by atoms with Crippen molar-refractivity contribution in [2.75, 3.05) is 13.2 Å². The van der Waals surface area contributed by atoms with Crippen molar-refractivity contribution in [3.05, 3.63) is 71.9 Å². The maximum atomic E-state index is 16.2.